The quantitative estimate of drug-likeness (QED) is 0.428. The minimum atomic E-state index is 0. The molecule has 1 atom stereocenters. The van der Waals surface area contributed by atoms with Gasteiger partial charge in [0.1, 0.15) is 0 Å². The molecule has 2 nitrogen and oxygen atoms in total. The van der Waals surface area contributed by atoms with Crippen LogP contribution in [-0.4, -0.2) is 37.5 Å². The molecule has 0 spiro atoms. The first-order chi connectivity index (χ1) is 6.66. The van der Waals surface area contributed by atoms with Gasteiger partial charge in [-0.2, -0.15) is 0 Å². The fourth-order valence-electron chi connectivity index (χ4n) is 2.44. The minimum absolute atomic E-state index is 0. The molecule has 1 unspecified atom stereocenters. The summed E-state index contributed by atoms with van der Waals surface area (Å²) in [5, 5.41) is 0. The van der Waals surface area contributed by atoms with E-state index in [1.165, 1.54) is 38.9 Å². The Bertz CT molecular complexity index is 125. The number of hydrogen-bond acceptors (Lipinski definition) is 1. The lowest BCUT2D eigenvalue weighted by Crippen LogP contribution is -3.00. The summed E-state index contributed by atoms with van der Waals surface area (Å²) in [6.45, 7) is 12.7. The molecule has 0 radical (unpaired) electrons. The number of halogens is 1. The van der Waals surface area contributed by atoms with E-state index in [0.29, 0.717) is 6.23 Å². The van der Waals surface area contributed by atoms with Crippen molar-refractivity contribution in [2.45, 2.75) is 53.2 Å². The summed E-state index contributed by atoms with van der Waals surface area (Å²) in [5.74, 6) is 0. The molecule has 0 amide bonds. The lowest BCUT2D eigenvalue weighted by atomic mass is 10.2. The molecule has 0 fully saturated rings. The van der Waals surface area contributed by atoms with Crippen LogP contribution in [-0.2, 0) is 4.74 Å². The van der Waals surface area contributed by atoms with Gasteiger partial charge in [-0.15, -0.1) is 0 Å². The molecule has 0 saturated carbocycles. The summed E-state index contributed by atoms with van der Waals surface area (Å²) >= 11 is 0. The smallest absolute Gasteiger partial charge is 0.190 e. The largest absolute Gasteiger partial charge is 1.00 e. The monoisotopic (exact) mass is 237 g/mol. The Kier molecular flexibility index (Phi) is 11.1. The SMILES string of the molecule is CCC[N+](CCC)(CCC)C(C)OC.[Cl-]. The Morgan fingerprint density at radius 1 is 0.933 bits per heavy atom. The molecule has 0 aliphatic carbocycles. The van der Waals surface area contributed by atoms with Gasteiger partial charge in [0.15, 0.2) is 6.23 Å². The fraction of sp³-hybridized carbons (Fsp3) is 1.00. The number of nitrogens with zero attached hydrogens (tertiary/aromatic N) is 1. The zero-order valence-corrected chi connectivity index (χ0v) is 11.8. The van der Waals surface area contributed by atoms with Crippen LogP contribution in [0, 0.1) is 0 Å². The molecule has 0 heterocycles. The lowest BCUT2D eigenvalue weighted by molar-refractivity contribution is -0.969. The zero-order chi connectivity index (χ0) is 11.0. The van der Waals surface area contributed by atoms with Crippen LogP contribution in [0.2, 0.25) is 0 Å². The number of methoxy groups -OCH3 is 1. The average Bonchev–Trinajstić information content (AvgIpc) is 2.17. The Morgan fingerprint density at radius 3 is 1.47 bits per heavy atom. The molecule has 0 aliphatic heterocycles. The zero-order valence-electron chi connectivity index (χ0n) is 11.1. The molecule has 15 heavy (non-hydrogen) atoms. The van der Waals surface area contributed by atoms with Crippen molar-refractivity contribution in [1.29, 1.82) is 0 Å². The van der Waals surface area contributed by atoms with Gasteiger partial charge in [0.05, 0.1) is 19.6 Å². The van der Waals surface area contributed by atoms with Gasteiger partial charge in [-0.25, -0.2) is 0 Å². The van der Waals surface area contributed by atoms with Crippen molar-refractivity contribution in [2.24, 2.45) is 0 Å². The number of ether oxygens (including phenoxy) is 1. The molecule has 0 aromatic carbocycles. The van der Waals surface area contributed by atoms with E-state index in [9.17, 15) is 0 Å². The van der Waals surface area contributed by atoms with E-state index >= 15 is 0 Å². The summed E-state index contributed by atoms with van der Waals surface area (Å²) in [6, 6.07) is 0. The number of rotatable bonds is 8. The molecule has 0 aromatic rings. The van der Waals surface area contributed by atoms with Crippen LogP contribution >= 0.6 is 0 Å². The molecule has 0 aromatic heterocycles. The van der Waals surface area contributed by atoms with Gasteiger partial charge >= 0.3 is 0 Å². The second-order valence-corrected chi connectivity index (χ2v) is 4.22. The standard InChI is InChI=1S/C12H28NO.ClH/c1-6-9-13(10-7-2,11-8-3)12(4)14-5;/h12H,6-11H2,1-5H3;1H/q+1;/p-1. The van der Waals surface area contributed by atoms with Gasteiger partial charge in [-0.1, -0.05) is 20.8 Å². The lowest BCUT2D eigenvalue weighted by Gasteiger charge is -2.42. The van der Waals surface area contributed by atoms with Crippen molar-refractivity contribution >= 4 is 0 Å². The van der Waals surface area contributed by atoms with Crippen LogP contribution < -0.4 is 12.4 Å². The average molecular weight is 238 g/mol. The molecule has 0 rings (SSSR count). The molecule has 0 saturated heterocycles. The summed E-state index contributed by atoms with van der Waals surface area (Å²) in [6.07, 6.45) is 4.07. The molecule has 0 N–H and O–H groups in total. The van der Waals surface area contributed by atoms with Crippen LogP contribution in [0.5, 0.6) is 0 Å². The number of quaternary nitrogens is 1. The van der Waals surface area contributed by atoms with Crippen molar-refractivity contribution in [3.8, 4) is 0 Å². The fourth-order valence-corrected chi connectivity index (χ4v) is 2.44. The van der Waals surface area contributed by atoms with E-state index in [-0.39, 0.29) is 12.4 Å². The predicted octanol–water partition coefficient (Wildman–Crippen LogP) is 0.0296. The highest BCUT2D eigenvalue weighted by molar-refractivity contribution is 4.46. The molecule has 0 aliphatic rings. The highest BCUT2D eigenvalue weighted by atomic mass is 35.5. The van der Waals surface area contributed by atoms with Gasteiger partial charge in [0.25, 0.3) is 0 Å². The second-order valence-electron chi connectivity index (χ2n) is 4.22. The third-order valence-corrected chi connectivity index (χ3v) is 3.12. The first kappa shape index (κ1) is 17.6. The Hall–Kier alpha value is 0.210. The van der Waals surface area contributed by atoms with Crippen molar-refractivity contribution in [3.63, 3.8) is 0 Å². The summed E-state index contributed by atoms with van der Waals surface area (Å²) in [4.78, 5) is 0. The Morgan fingerprint density at radius 2 is 1.27 bits per heavy atom. The van der Waals surface area contributed by atoms with Crippen LogP contribution in [0.3, 0.4) is 0 Å². The third-order valence-electron chi connectivity index (χ3n) is 3.12. The maximum Gasteiger partial charge on any atom is 0.190 e. The highest BCUT2D eigenvalue weighted by Crippen LogP contribution is 2.17. The van der Waals surface area contributed by atoms with Crippen molar-refractivity contribution in [2.75, 3.05) is 26.7 Å². The molecular formula is C12H28ClNO. The van der Waals surface area contributed by atoms with E-state index in [0.717, 1.165) is 4.48 Å². The summed E-state index contributed by atoms with van der Waals surface area (Å²) < 4.78 is 6.68. The van der Waals surface area contributed by atoms with Crippen LogP contribution in [0.1, 0.15) is 47.0 Å². The van der Waals surface area contributed by atoms with Crippen LogP contribution in [0.25, 0.3) is 0 Å². The first-order valence-electron chi connectivity index (χ1n) is 6.05. The van der Waals surface area contributed by atoms with Crippen LogP contribution in [0.15, 0.2) is 0 Å². The van der Waals surface area contributed by atoms with E-state index in [1.807, 2.05) is 7.11 Å². The minimum Gasteiger partial charge on any atom is -1.00 e. The van der Waals surface area contributed by atoms with E-state index < -0.39 is 0 Å². The molecular weight excluding hydrogens is 210 g/mol. The molecule has 3 heteroatoms. The van der Waals surface area contributed by atoms with Gasteiger partial charge in [-0.3, -0.25) is 4.48 Å². The first-order valence-corrected chi connectivity index (χ1v) is 6.05. The van der Waals surface area contributed by atoms with E-state index in [2.05, 4.69) is 27.7 Å². The van der Waals surface area contributed by atoms with E-state index in [1.54, 1.807) is 0 Å². The van der Waals surface area contributed by atoms with Crippen molar-refractivity contribution in [3.05, 3.63) is 0 Å². The summed E-state index contributed by atoms with van der Waals surface area (Å²) in [5.41, 5.74) is 0. The molecule has 0 bridgehead atoms. The van der Waals surface area contributed by atoms with Gasteiger partial charge in [-0.05, 0) is 19.3 Å². The van der Waals surface area contributed by atoms with Gasteiger partial charge in [0, 0.05) is 14.0 Å². The molecule has 94 valence electrons. The van der Waals surface area contributed by atoms with Crippen LogP contribution in [0.4, 0.5) is 0 Å². The van der Waals surface area contributed by atoms with Crippen molar-refractivity contribution in [1.82, 2.24) is 0 Å². The van der Waals surface area contributed by atoms with Gasteiger partial charge in [0.2, 0.25) is 0 Å². The van der Waals surface area contributed by atoms with E-state index in [4.69, 9.17) is 4.74 Å². The number of hydrogen-bond donors (Lipinski definition) is 0. The topological polar surface area (TPSA) is 9.23 Å². The third kappa shape index (κ3) is 5.19. The Balaban J connectivity index is 0. The predicted molar refractivity (Wildman–Crippen MR) is 62.2 cm³/mol. The maximum absolute atomic E-state index is 5.55. The van der Waals surface area contributed by atoms with Crippen molar-refractivity contribution < 1.29 is 21.6 Å². The highest BCUT2D eigenvalue weighted by Gasteiger charge is 2.31. The second kappa shape index (κ2) is 9.44. The van der Waals surface area contributed by atoms with Gasteiger partial charge < -0.3 is 17.1 Å². The Labute approximate surface area is 102 Å². The maximum atomic E-state index is 5.55. The summed E-state index contributed by atoms with van der Waals surface area (Å²) in [7, 11) is 1.83. The normalized spacial score (nSPS) is 13.4.